The predicted molar refractivity (Wildman–Crippen MR) is 256 cm³/mol. The number of hydrogen-bond acceptors (Lipinski definition) is 1. The van der Waals surface area contributed by atoms with Crippen LogP contribution in [0.3, 0.4) is 0 Å². The number of unbranched alkanes of at least 4 members (excludes halogenated alkanes) is 3. The van der Waals surface area contributed by atoms with Crippen LogP contribution in [0.2, 0.25) is 12.1 Å². The van der Waals surface area contributed by atoms with Crippen molar-refractivity contribution in [2.75, 3.05) is 6.61 Å². The second kappa shape index (κ2) is 18.0. The molecule has 0 aromatic heterocycles. The van der Waals surface area contributed by atoms with Crippen LogP contribution >= 0.6 is 0 Å². The van der Waals surface area contributed by atoms with Crippen LogP contribution in [-0.4, -0.2) is 21.0 Å². The van der Waals surface area contributed by atoms with Gasteiger partial charge < -0.3 is 4.74 Å². The van der Waals surface area contributed by atoms with Gasteiger partial charge in [-0.3, -0.25) is 0 Å². The van der Waals surface area contributed by atoms with Gasteiger partial charge >= 0.3 is 0 Å². The molecule has 2 aliphatic rings. The summed E-state index contributed by atoms with van der Waals surface area (Å²) >= 11 is 0. The molecule has 4 aromatic carbocycles. The second-order valence-corrected chi connectivity index (χ2v) is 23.7. The van der Waals surface area contributed by atoms with Gasteiger partial charge in [-0.15, -0.1) is 0 Å². The van der Waals surface area contributed by atoms with E-state index in [1.54, 1.807) is 33.4 Å². The maximum Gasteiger partial charge on any atom is 0.0626 e. The number of fused-ring (bicyclic) bond motifs is 2. The molecule has 0 N–H and O–H groups in total. The van der Waals surface area contributed by atoms with Crippen molar-refractivity contribution in [1.82, 2.24) is 0 Å². The molecule has 0 bridgehead atoms. The summed E-state index contributed by atoms with van der Waals surface area (Å²) in [6.07, 6.45) is 9.86. The van der Waals surface area contributed by atoms with Gasteiger partial charge in [-0.1, -0.05) is 190 Å². The number of rotatable bonds is 15. The highest BCUT2D eigenvalue weighted by atomic mass is 28.3. The van der Waals surface area contributed by atoms with Gasteiger partial charge in [0.2, 0.25) is 0 Å². The lowest BCUT2D eigenvalue weighted by Gasteiger charge is -2.30. The van der Waals surface area contributed by atoms with Crippen LogP contribution in [0.15, 0.2) is 96.1 Å². The largest absolute Gasteiger partial charge is 0.376 e. The third-order valence-corrected chi connectivity index (χ3v) is 16.6. The molecule has 4 aromatic rings. The minimum atomic E-state index is -0.849. The molecule has 0 heterocycles. The van der Waals surface area contributed by atoms with Crippen molar-refractivity contribution >= 4 is 20.4 Å². The predicted octanol–water partition coefficient (Wildman–Crippen LogP) is 16.5. The summed E-state index contributed by atoms with van der Waals surface area (Å²) in [6, 6.07) is 36.0. The topological polar surface area (TPSA) is 9.23 Å². The van der Waals surface area contributed by atoms with Crippen molar-refractivity contribution < 1.29 is 4.74 Å². The molecule has 0 saturated carbocycles. The average Bonchev–Trinajstić information content (AvgIpc) is 3.67. The fourth-order valence-corrected chi connectivity index (χ4v) is 13.6. The summed E-state index contributed by atoms with van der Waals surface area (Å²) in [6.45, 7) is 31.0. The fraction of sp³-hybridized carbons (Fsp3) is 0.500. The molecule has 1 nitrogen and oxygen atoms in total. The van der Waals surface area contributed by atoms with Gasteiger partial charge in [0.05, 0.1) is 14.4 Å². The third kappa shape index (κ3) is 9.93. The van der Waals surface area contributed by atoms with Gasteiger partial charge in [-0.25, -0.2) is 0 Å². The third-order valence-electron chi connectivity index (χ3n) is 12.9. The average molecular weight is 792 g/mol. The van der Waals surface area contributed by atoms with E-state index in [1.807, 2.05) is 0 Å². The molecule has 2 heteroatoms. The van der Waals surface area contributed by atoms with Gasteiger partial charge in [0.25, 0.3) is 0 Å². The summed E-state index contributed by atoms with van der Waals surface area (Å²) < 4.78 is 6.06. The second-order valence-electron chi connectivity index (χ2n) is 20.9. The van der Waals surface area contributed by atoms with E-state index in [-0.39, 0.29) is 16.4 Å². The summed E-state index contributed by atoms with van der Waals surface area (Å²) in [5, 5.41) is 0. The van der Waals surface area contributed by atoms with Crippen molar-refractivity contribution in [2.45, 2.75) is 169 Å². The molecule has 0 aliphatic heterocycles. The van der Waals surface area contributed by atoms with E-state index in [2.05, 4.69) is 181 Å². The summed E-state index contributed by atoms with van der Waals surface area (Å²) in [4.78, 5) is 0. The molecule has 0 fully saturated rings. The molecule has 58 heavy (non-hydrogen) atoms. The van der Waals surface area contributed by atoms with Crippen LogP contribution in [0.4, 0.5) is 0 Å². The van der Waals surface area contributed by atoms with Crippen molar-refractivity contribution in [3.63, 3.8) is 0 Å². The lowest BCUT2D eigenvalue weighted by atomic mass is 9.85. The molecular weight excluding hydrogens is 717 g/mol. The van der Waals surface area contributed by atoms with E-state index in [9.17, 15) is 0 Å². The van der Waals surface area contributed by atoms with Crippen LogP contribution in [0.1, 0.15) is 173 Å². The molecule has 2 unspecified atom stereocenters. The first-order valence-electron chi connectivity index (χ1n) is 22.8. The van der Waals surface area contributed by atoms with Crippen molar-refractivity contribution in [3.8, 4) is 22.3 Å². The highest BCUT2D eigenvalue weighted by molar-refractivity contribution is 6.62. The van der Waals surface area contributed by atoms with E-state index >= 15 is 0 Å². The van der Waals surface area contributed by atoms with Gasteiger partial charge in [-0.05, 0) is 136 Å². The highest BCUT2D eigenvalue weighted by Gasteiger charge is 2.39. The van der Waals surface area contributed by atoms with Crippen molar-refractivity contribution in [1.29, 1.82) is 0 Å². The Labute approximate surface area is 356 Å². The highest BCUT2D eigenvalue weighted by Crippen LogP contribution is 2.53. The lowest BCUT2D eigenvalue weighted by Crippen LogP contribution is -2.26. The first-order chi connectivity index (χ1) is 27.4. The lowest BCUT2D eigenvalue weighted by molar-refractivity contribution is -0.00473. The molecule has 1 radical (unpaired) electrons. The normalized spacial score (nSPS) is 17.1. The minimum absolute atomic E-state index is 0.0587. The van der Waals surface area contributed by atoms with Crippen LogP contribution in [-0.2, 0) is 15.6 Å². The van der Waals surface area contributed by atoms with E-state index in [1.165, 1.54) is 76.7 Å². The zero-order valence-corrected chi connectivity index (χ0v) is 39.7. The summed E-state index contributed by atoms with van der Waals surface area (Å²) in [5.41, 5.74) is 20.2. The maximum absolute atomic E-state index is 6.06. The van der Waals surface area contributed by atoms with E-state index in [4.69, 9.17) is 4.74 Å². The molecule has 2 aliphatic carbocycles. The molecule has 0 saturated heterocycles. The molecule has 0 amide bonds. The summed E-state index contributed by atoms with van der Waals surface area (Å²) in [5.74, 6) is 0.992. The van der Waals surface area contributed by atoms with E-state index in [0.717, 1.165) is 19.4 Å². The van der Waals surface area contributed by atoms with Crippen molar-refractivity contribution in [3.05, 3.63) is 129 Å². The SMILES string of the molecule is CCC[Si](CC1C(C(C)C)=Cc2c(-c3ccc(C(C)(C)C)cc3)cccc21)C1C(C)=C(CCCCCCOC(C)(C)C)c2c(-c3ccc(C(C)(C)C)cc3)cccc21. The van der Waals surface area contributed by atoms with E-state index < -0.39 is 8.80 Å². The zero-order chi connectivity index (χ0) is 42.0. The molecule has 0 spiro atoms. The minimum Gasteiger partial charge on any atom is -0.376 e. The number of allylic oxidation sites excluding steroid dienone is 3. The first kappa shape index (κ1) is 44.1. The van der Waals surface area contributed by atoms with Gasteiger partial charge in [0.1, 0.15) is 0 Å². The number of ether oxygens (including phenoxy) is 1. The van der Waals surface area contributed by atoms with Gasteiger partial charge in [0.15, 0.2) is 0 Å². The Morgan fingerprint density at radius 3 is 1.76 bits per heavy atom. The van der Waals surface area contributed by atoms with Gasteiger partial charge in [-0.2, -0.15) is 0 Å². The smallest absolute Gasteiger partial charge is 0.0626 e. The summed E-state index contributed by atoms with van der Waals surface area (Å²) in [7, 11) is -0.849. The van der Waals surface area contributed by atoms with Gasteiger partial charge in [0, 0.05) is 12.5 Å². The Morgan fingerprint density at radius 1 is 0.655 bits per heavy atom. The van der Waals surface area contributed by atoms with Crippen LogP contribution in [0.25, 0.3) is 33.9 Å². The molecular formula is C56H75OSi. The Hall–Kier alpha value is -3.46. The van der Waals surface area contributed by atoms with Crippen molar-refractivity contribution in [2.24, 2.45) is 5.92 Å². The van der Waals surface area contributed by atoms with Crippen LogP contribution in [0, 0.1) is 5.92 Å². The monoisotopic (exact) mass is 792 g/mol. The number of benzene rings is 4. The first-order valence-corrected chi connectivity index (χ1v) is 24.8. The molecule has 2 atom stereocenters. The zero-order valence-electron chi connectivity index (χ0n) is 38.7. The fourth-order valence-electron chi connectivity index (χ4n) is 9.77. The van der Waals surface area contributed by atoms with Crippen LogP contribution < -0.4 is 0 Å². The number of hydrogen-bond donors (Lipinski definition) is 0. The Morgan fingerprint density at radius 2 is 1.21 bits per heavy atom. The van der Waals surface area contributed by atoms with Crippen LogP contribution in [0.5, 0.6) is 0 Å². The Bertz CT molecular complexity index is 2070. The quantitative estimate of drug-likeness (QED) is 0.0861. The Kier molecular flexibility index (Phi) is 13.7. The standard InChI is InChI=1S/C56H75OSi/c1-14-35-58(37-51-47-24-19-22-45(50(47)36-49(51)38(2)3)40-26-30-42(31-27-40)54(5,6)7)53-39(4)44(21-17-15-16-18-34-57-56(11,12)13)52-46(23-20-25-48(52)53)41-28-32-43(33-29-41)55(8,9)10/h19-20,22-33,36,38,51,53H,14-18,21,34-35,37H2,1-13H3. The molecule has 309 valence electrons. The Balaban J connectivity index is 1.36. The molecule has 6 rings (SSSR count). The maximum atomic E-state index is 6.06. The van der Waals surface area contributed by atoms with E-state index in [0.29, 0.717) is 17.4 Å².